The van der Waals surface area contributed by atoms with E-state index in [2.05, 4.69) is 4.98 Å². The predicted octanol–water partition coefficient (Wildman–Crippen LogP) is 0.869. The van der Waals surface area contributed by atoms with E-state index in [4.69, 9.17) is 22.1 Å². The molecule has 0 aliphatic carbocycles. The predicted molar refractivity (Wildman–Crippen MR) is 70.3 cm³/mol. The average Bonchev–Trinajstić information content (AvgIpc) is 2.71. The van der Waals surface area contributed by atoms with Gasteiger partial charge in [0.15, 0.2) is 0 Å². The Morgan fingerprint density at radius 3 is 2.58 bits per heavy atom. The Morgan fingerprint density at radius 1 is 1.37 bits per heavy atom. The molecule has 2 fully saturated rings. The van der Waals surface area contributed by atoms with Gasteiger partial charge in [0.05, 0.1) is 17.2 Å². The highest BCUT2D eigenvalue weighted by atomic mass is 35.5. The van der Waals surface area contributed by atoms with Crippen molar-refractivity contribution in [1.82, 2.24) is 9.29 Å². The molecule has 3 heterocycles. The Bertz CT molecular complexity index is 595. The van der Waals surface area contributed by atoms with Crippen molar-refractivity contribution in [2.24, 2.45) is 0 Å². The van der Waals surface area contributed by atoms with E-state index in [1.165, 1.54) is 16.6 Å². The summed E-state index contributed by atoms with van der Waals surface area (Å²) in [6, 6.07) is 1.34. The van der Waals surface area contributed by atoms with Crippen LogP contribution >= 0.6 is 11.6 Å². The van der Waals surface area contributed by atoms with Gasteiger partial charge in [-0.15, -0.1) is 0 Å². The summed E-state index contributed by atoms with van der Waals surface area (Å²) in [7, 11) is -3.58. The van der Waals surface area contributed by atoms with Crippen molar-refractivity contribution in [1.29, 1.82) is 0 Å². The second-order valence-corrected chi connectivity index (χ2v) is 7.16. The number of anilines is 1. The smallest absolute Gasteiger partial charge is 0.244 e. The van der Waals surface area contributed by atoms with Crippen molar-refractivity contribution < 1.29 is 13.2 Å². The number of ether oxygens (including phenoxy) is 1. The highest BCUT2D eigenvalue weighted by Crippen LogP contribution is 2.30. The van der Waals surface area contributed by atoms with Crippen LogP contribution in [0.2, 0.25) is 5.02 Å². The molecule has 6 nitrogen and oxygen atoms in total. The number of hydrogen-bond donors (Lipinski definition) is 1. The molecular weight excluding hydrogens is 290 g/mol. The molecule has 2 saturated heterocycles. The Morgan fingerprint density at radius 2 is 2.00 bits per heavy atom. The first kappa shape index (κ1) is 13.1. The second-order valence-electron chi connectivity index (χ2n) is 4.82. The zero-order valence-electron chi connectivity index (χ0n) is 10.1. The average molecular weight is 304 g/mol. The quantitative estimate of drug-likeness (QED) is 0.876. The van der Waals surface area contributed by atoms with Crippen LogP contribution in [0, 0.1) is 0 Å². The molecule has 2 aliphatic rings. The van der Waals surface area contributed by atoms with Gasteiger partial charge in [-0.25, -0.2) is 13.4 Å². The lowest BCUT2D eigenvalue weighted by atomic mass is 10.2. The van der Waals surface area contributed by atoms with Crippen molar-refractivity contribution in [3.63, 3.8) is 0 Å². The van der Waals surface area contributed by atoms with E-state index >= 15 is 0 Å². The van der Waals surface area contributed by atoms with Crippen molar-refractivity contribution >= 4 is 27.4 Å². The molecule has 0 radical (unpaired) electrons. The molecular formula is C11H14ClN3O3S. The summed E-state index contributed by atoms with van der Waals surface area (Å²) in [6.45, 7) is 0.779. The first-order chi connectivity index (χ1) is 8.96. The zero-order chi connectivity index (χ0) is 13.6. The molecule has 0 saturated carbocycles. The number of rotatable bonds is 2. The summed E-state index contributed by atoms with van der Waals surface area (Å²) in [4.78, 5) is 3.88. The Labute approximate surface area is 116 Å². The molecule has 1 aromatic rings. The SMILES string of the molecule is Nc1ncc(S(=O)(=O)N2CC3CCC(C2)O3)cc1Cl. The lowest BCUT2D eigenvalue weighted by molar-refractivity contribution is -0.0114. The molecule has 19 heavy (non-hydrogen) atoms. The summed E-state index contributed by atoms with van der Waals surface area (Å²) in [5.74, 6) is 0.127. The van der Waals surface area contributed by atoms with Gasteiger partial charge < -0.3 is 10.5 Å². The van der Waals surface area contributed by atoms with E-state index < -0.39 is 10.0 Å². The normalized spacial score (nSPS) is 27.6. The van der Waals surface area contributed by atoms with E-state index in [0.29, 0.717) is 13.1 Å². The van der Waals surface area contributed by atoms with Gasteiger partial charge in [0.2, 0.25) is 10.0 Å². The summed E-state index contributed by atoms with van der Waals surface area (Å²) >= 11 is 5.83. The summed E-state index contributed by atoms with van der Waals surface area (Å²) < 4.78 is 32.1. The van der Waals surface area contributed by atoms with Gasteiger partial charge in [0, 0.05) is 19.3 Å². The largest absolute Gasteiger partial charge is 0.382 e. The molecule has 2 atom stereocenters. The molecule has 2 N–H and O–H groups in total. The number of nitrogens with two attached hydrogens (primary N) is 1. The van der Waals surface area contributed by atoms with Crippen LogP contribution in [0.15, 0.2) is 17.2 Å². The van der Waals surface area contributed by atoms with E-state index in [9.17, 15) is 8.42 Å². The molecule has 2 bridgehead atoms. The summed E-state index contributed by atoms with van der Waals surface area (Å²) in [5.41, 5.74) is 5.49. The Kier molecular flexibility index (Phi) is 3.17. The van der Waals surface area contributed by atoms with Crippen LogP contribution in [0.1, 0.15) is 12.8 Å². The van der Waals surface area contributed by atoms with Gasteiger partial charge in [-0.05, 0) is 18.9 Å². The highest BCUT2D eigenvalue weighted by Gasteiger charge is 2.39. The molecule has 2 unspecified atom stereocenters. The van der Waals surface area contributed by atoms with Crippen LogP contribution in [-0.2, 0) is 14.8 Å². The van der Waals surface area contributed by atoms with Crippen molar-refractivity contribution in [3.8, 4) is 0 Å². The van der Waals surface area contributed by atoms with Crippen LogP contribution in [0.3, 0.4) is 0 Å². The topological polar surface area (TPSA) is 85.5 Å². The van der Waals surface area contributed by atoms with Crippen LogP contribution in [-0.4, -0.2) is 43.0 Å². The first-order valence-corrected chi connectivity index (χ1v) is 7.85. The van der Waals surface area contributed by atoms with Crippen molar-refractivity contribution in [3.05, 3.63) is 17.3 Å². The number of nitrogens with zero attached hydrogens (tertiary/aromatic N) is 2. The van der Waals surface area contributed by atoms with Gasteiger partial charge in [0.25, 0.3) is 0 Å². The number of morpholine rings is 1. The Balaban J connectivity index is 1.91. The molecule has 2 aliphatic heterocycles. The molecule has 104 valence electrons. The fourth-order valence-corrected chi connectivity index (χ4v) is 4.20. The van der Waals surface area contributed by atoms with Gasteiger partial charge >= 0.3 is 0 Å². The van der Waals surface area contributed by atoms with Gasteiger partial charge in [-0.3, -0.25) is 0 Å². The monoisotopic (exact) mass is 303 g/mol. The minimum atomic E-state index is -3.58. The number of pyridine rings is 1. The van der Waals surface area contributed by atoms with E-state index in [-0.39, 0.29) is 27.9 Å². The van der Waals surface area contributed by atoms with E-state index in [1.54, 1.807) is 0 Å². The standard InChI is InChI=1S/C11H14ClN3O3S/c12-10-3-9(4-14-11(10)13)19(16,17)15-5-7-1-2-8(6-15)18-7/h3-4,7-8H,1-2,5-6H2,(H2,13,14). The maximum absolute atomic E-state index is 12.5. The number of hydrogen-bond acceptors (Lipinski definition) is 5. The van der Waals surface area contributed by atoms with E-state index in [0.717, 1.165) is 12.8 Å². The number of sulfonamides is 1. The number of halogens is 1. The third-order valence-electron chi connectivity index (χ3n) is 3.49. The second kappa shape index (κ2) is 4.59. The van der Waals surface area contributed by atoms with Crippen molar-refractivity contribution in [2.75, 3.05) is 18.8 Å². The lowest BCUT2D eigenvalue weighted by Crippen LogP contribution is -2.45. The third kappa shape index (κ3) is 2.31. The van der Waals surface area contributed by atoms with Crippen molar-refractivity contribution in [2.45, 2.75) is 29.9 Å². The van der Waals surface area contributed by atoms with Crippen LogP contribution in [0.25, 0.3) is 0 Å². The van der Waals surface area contributed by atoms with Gasteiger partial charge in [-0.1, -0.05) is 11.6 Å². The van der Waals surface area contributed by atoms with Gasteiger partial charge in [-0.2, -0.15) is 4.31 Å². The molecule has 1 aromatic heterocycles. The number of aromatic nitrogens is 1. The minimum absolute atomic E-state index is 0.00531. The van der Waals surface area contributed by atoms with Gasteiger partial charge in [0.1, 0.15) is 10.7 Å². The maximum Gasteiger partial charge on any atom is 0.244 e. The maximum atomic E-state index is 12.5. The molecule has 8 heteroatoms. The lowest BCUT2D eigenvalue weighted by Gasteiger charge is -2.31. The number of nitrogen functional groups attached to an aromatic ring is 1. The number of fused-ring (bicyclic) bond motifs is 2. The summed E-state index contributed by atoms with van der Waals surface area (Å²) in [6.07, 6.45) is 3.08. The van der Waals surface area contributed by atoms with Crippen LogP contribution in [0.5, 0.6) is 0 Å². The van der Waals surface area contributed by atoms with Crippen LogP contribution in [0.4, 0.5) is 5.82 Å². The molecule has 3 rings (SSSR count). The molecule has 0 spiro atoms. The fourth-order valence-electron chi connectivity index (χ4n) is 2.49. The summed E-state index contributed by atoms with van der Waals surface area (Å²) in [5, 5.41) is 0.150. The first-order valence-electron chi connectivity index (χ1n) is 6.03. The minimum Gasteiger partial charge on any atom is -0.382 e. The molecule has 0 aromatic carbocycles. The fraction of sp³-hybridized carbons (Fsp3) is 0.545. The van der Waals surface area contributed by atoms with Crippen LogP contribution < -0.4 is 5.73 Å². The zero-order valence-corrected chi connectivity index (χ0v) is 11.7. The Hall–Kier alpha value is -0.890. The molecule has 0 amide bonds. The highest BCUT2D eigenvalue weighted by molar-refractivity contribution is 7.89. The van der Waals surface area contributed by atoms with E-state index in [1.807, 2.05) is 0 Å². The third-order valence-corrected chi connectivity index (χ3v) is 5.59.